The Morgan fingerprint density at radius 3 is 2.22 bits per heavy atom. The van der Waals surface area contributed by atoms with Gasteiger partial charge in [0, 0.05) is 0 Å². The van der Waals surface area contributed by atoms with E-state index in [1.165, 1.54) is 44.6 Å². The molecule has 0 radical (unpaired) electrons. The number of Topliss-reactive ketones (excluding diaryl/α,β-unsaturated/α-hetero) is 1. The Bertz CT molecular complexity index is 411. The van der Waals surface area contributed by atoms with Crippen LogP contribution in [0.3, 0.4) is 0 Å². The standard InChI is InChI=1S/C16H22O2/c1-12(17)16(2,18)15-10-8-14(9-11-15)13-6-4-3-5-7-13/h8-11,13,18H,3-7H2,1-2H3. The summed E-state index contributed by atoms with van der Waals surface area (Å²) < 4.78 is 0. The lowest BCUT2D eigenvalue weighted by atomic mass is 9.83. The Hall–Kier alpha value is -1.15. The molecular weight excluding hydrogens is 224 g/mol. The number of aliphatic hydroxyl groups is 1. The summed E-state index contributed by atoms with van der Waals surface area (Å²) in [7, 11) is 0. The summed E-state index contributed by atoms with van der Waals surface area (Å²) in [4.78, 5) is 11.4. The van der Waals surface area contributed by atoms with Crippen molar-refractivity contribution in [2.45, 2.75) is 57.5 Å². The van der Waals surface area contributed by atoms with Crippen molar-refractivity contribution in [2.75, 3.05) is 0 Å². The van der Waals surface area contributed by atoms with Gasteiger partial charge in [-0.3, -0.25) is 4.79 Å². The van der Waals surface area contributed by atoms with Crippen molar-refractivity contribution in [3.8, 4) is 0 Å². The first-order chi connectivity index (χ1) is 8.51. The third-order valence-electron chi connectivity index (χ3n) is 4.23. The highest BCUT2D eigenvalue weighted by atomic mass is 16.3. The summed E-state index contributed by atoms with van der Waals surface area (Å²) in [5.41, 5.74) is 0.679. The van der Waals surface area contributed by atoms with Crippen LogP contribution in [0.5, 0.6) is 0 Å². The van der Waals surface area contributed by atoms with Gasteiger partial charge < -0.3 is 5.11 Å². The summed E-state index contributed by atoms with van der Waals surface area (Å²) in [5, 5.41) is 10.1. The molecule has 1 aliphatic carbocycles. The highest BCUT2D eigenvalue weighted by Gasteiger charge is 2.28. The smallest absolute Gasteiger partial charge is 0.165 e. The van der Waals surface area contributed by atoms with Gasteiger partial charge in [-0.15, -0.1) is 0 Å². The van der Waals surface area contributed by atoms with Gasteiger partial charge in [-0.25, -0.2) is 0 Å². The fourth-order valence-corrected chi connectivity index (χ4v) is 2.72. The third-order valence-corrected chi connectivity index (χ3v) is 4.23. The van der Waals surface area contributed by atoms with Crippen LogP contribution < -0.4 is 0 Å². The molecule has 2 rings (SSSR count). The highest BCUT2D eigenvalue weighted by molar-refractivity contribution is 5.85. The Labute approximate surface area is 109 Å². The Morgan fingerprint density at radius 1 is 1.17 bits per heavy atom. The predicted molar refractivity (Wildman–Crippen MR) is 72.5 cm³/mol. The van der Waals surface area contributed by atoms with E-state index in [2.05, 4.69) is 12.1 Å². The van der Waals surface area contributed by atoms with Gasteiger partial charge in [0.25, 0.3) is 0 Å². The van der Waals surface area contributed by atoms with Gasteiger partial charge in [-0.2, -0.15) is 0 Å². The SMILES string of the molecule is CC(=O)C(C)(O)c1ccc(C2CCCCC2)cc1. The van der Waals surface area contributed by atoms with Gasteiger partial charge in [-0.1, -0.05) is 43.5 Å². The number of ketones is 1. The molecule has 1 unspecified atom stereocenters. The number of hydrogen-bond donors (Lipinski definition) is 1. The van der Waals surface area contributed by atoms with E-state index in [0.717, 1.165) is 0 Å². The van der Waals surface area contributed by atoms with E-state index in [9.17, 15) is 9.90 Å². The zero-order valence-electron chi connectivity index (χ0n) is 11.3. The molecule has 0 spiro atoms. The molecule has 18 heavy (non-hydrogen) atoms. The molecule has 1 aromatic carbocycles. The quantitative estimate of drug-likeness (QED) is 0.885. The lowest BCUT2D eigenvalue weighted by molar-refractivity contribution is -0.134. The van der Waals surface area contributed by atoms with Crippen molar-refractivity contribution in [1.82, 2.24) is 0 Å². The van der Waals surface area contributed by atoms with Crippen molar-refractivity contribution in [2.24, 2.45) is 0 Å². The van der Waals surface area contributed by atoms with E-state index in [-0.39, 0.29) is 5.78 Å². The maximum Gasteiger partial charge on any atom is 0.165 e. The van der Waals surface area contributed by atoms with Gasteiger partial charge in [0.15, 0.2) is 5.78 Å². The number of benzene rings is 1. The largest absolute Gasteiger partial charge is 0.378 e. The summed E-state index contributed by atoms with van der Waals surface area (Å²) in [6.45, 7) is 2.99. The van der Waals surface area contributed by atoms with E-state index < -0.39 is 5.60 Å². The zero-order chi connectivity index (χ0) is 13.2. The fraction of sp³-hybridized carbons (Fsp3) is 0.562. The molecule has 1 saturated carbocycles. The summed E-state index contributed by atoms with van der Waals surface area (Å²) in [6.07, 6.45) is 6.52. The van der Waals surface area contributed by atoms with Gasteiger partial charge in [0.1, 0.15) is 5.60 Å². The Kier molecular flexibility index (Phi) is 3.86. The van der Waals surface area contributed by atoms with E-state index in [1.54, 1.807) is 6.92 Å². The predicted octanol–water partition coefficient (Wildman–Crippen LogP) is 3.53. The van der Waals surface area contributed by atoms with E-state index in [4.69, 9.17) is 0 Å². The minimum atomic E-state index is -1.36. The molecular formula is C16H22O2. The molecule has 1 aliphatic rings. The monoisotopic (exact) mass is 246 g/mol. The van der Waals surface area contributed by atoms with Crippen LogP contribution in [0.25, 0.3) is 0 Å². The molecule has 0 aliphatic heterocycles. The first-order valence-electron chi connectivity index (χ1n) is 6.85. The Morgan fingerprint density at radius 2 is 1.72 bits per heavy atom. The van der Waals surface area contributed by atoms with Crippen LogP contribution in [-0.2, 0) is 10.4 Å². The number of rotatable bonds is 3. The van der Waals surface area contributed by atoms with Gasteiger partial charge in [-0.05, 0) is 43.7 Å². The number of hydrogen-bond acceptors (Lipinski definition) is 2. The zero-order valence-corrected chi connectivity index (χ0v) is 11.3. The van der Waals surface area contributed by atoms with E-state index in [1.807, 2.05) is 12.1 Å². The van der Waals surface area contributed by atoms with Crippen molar-refractivity contribution < 1.29 is 9.90 Å². The molecule has 0 aromatic heterocycles. The van der Waals surface area contributed by atoms with Gasteiger partial charge in [0.2, 0.25) is 0 Å². The van der Waals surface area contributed by atoms with Crippen LogP contribution in [0.2, 0.25) is 0 Å². The van der Waals surface area contributed by atoms with Crippen molar-refractivity contribution in [3.05, 3.63) is 35.4 Å². The Balaban J connectivity index is 2.17. The van der Waals surface area contributed by atoms with Crippen LogP contribution in [0.1, 0.15) is 63.0 Å². The maximum atomic E-state index is 11.4. The second-order valence-electron chi connectivity index (χ2n) is 5.59. The van der Waals surface area contributed by atoms with Crippen LogP contribution in [0.15, 0.2) is 24.3 Å². The minimum Gasteiger partial charge on any atom is -0.378 e. The first-order valence-corrected chi connectivity index (χ1v) is 6.85. The first kappa shape index (κ1) is 13.3. The molecule has 2 nitrogen and oxygen atoms in total. The molecule has 1 aromatic rings. The fourth-order valence-electron chi connectivity index (χ4n) is 2.72. The lowest BCUT2D eigenvalue weighted by Gasteiger charge is -2.24. The normalized spacial score (nSPS) is 20.4. The topological polar surface area (TPSA) is 37.3 Å². The highest BCUT2D eigenvalue weighted by Crippen LogP contribution is 2.33. The van der Waals surface area contributed by atoms with Crippen LogP contribution in [0.4, 0.5) is 0 Å². The molecule has 1 fully saturated rings. The van der Waals surface area contributed by atoms with E-state index >= 15 is 0 Å². The number of carbonyl (C=O) groups is 1. The molecule has 0 bridgehead atoms. The van der Waals surface area contributed by atoms with Crippen LogP contribution >= 0.6 is 0 Å². The van der Waals surface area contributed by atoms with Crippen molar-refractivity contribution >= 4 is 5.78 Å². The average molecular weight is 246 g/mol. The molecule has 0 saturated heterocycles. The summed E-state index contributed by atoms with van der Waals surface area (Å²) >= 11 is 0. The van der Waals surface area contributed by atoms with Crippen molar-refractivity contribution in [3.63, 3.8) is 0 Å². The molecule has 0 heterocycles. The average Bonchev–Trinajstić information content (AvgIpc) is 2.40. The number of carbonyl (C=O) groups excluding carboxylic acids is 1. The minimum absolute atomic E-state index is 0.215. The van der Waals surface area contributed by atoms with Gasteiger partial charge in [0.05, 0.1) is 0 Å². The van der Waals surface area contributed by atoms with Crippen molar-refractivity contribution in [1.29, 1.82) is 0 Å². The molecule has 2 heteroatoms. The van der Waals surface area contributed by atoms with Crippen LogP contribution in [0, 0.1) is 0 Å². The lowest BCUT2D eigenvalue weighted by Crippen LogP contribution is -2.29. The van der Waals surface area contributed by atoms with E-state index in [0.29, 0.717) is 11.5 Å². The summed E-state index contributed by atoms with van der Waals surface area (Å²) in [6, 6.07) is 7.93. The van der Waals surface area contributed by atoms with Crippen LogP contribution in [-0.4, -0.2) is 10.9 Å². The maximum absolute atomic E-state index is 11.4. The molecule has 1 N–H and O–H groups in total. The molecule has 1 atom stereocenters. The molecule has 0 amide bonds. The second-order valence-corrected chi connectivity index (χ2v) is 5.59. The second kappa shape index (κ2) is 5.23. The third kappa shape index (κ3) is 2.64. The molecule has 98 valence electrons. The summed E-state index contributed by atoms with van der Waals surface area (Å²) in [5.74, 6) is 0.447. The van der Waals surface area contributed by atoms with Gasteiger partial charge >= 0.3 is 0 Å².